The molecule has 1 fully saturated rings. The van der Waals surface area contributed by atoms with Gasteiger partial charge in [-0.05, 0) is 145 Å². The number of fused-ring (bicyclic) bond motifs is 6. The molecule has 0 aromatic heterocycles. The van der Waals surface area contributed by atoms with Crippen LogP contribution in [-0.4, -0.2) is 0 Å². The number of benzene rings is 8. The van der Waals surface area contributed by atoms with E-state index in [1.807, 2.05) is 0 Å². The van der Waals surface area contributed by atoms with Crippen LogP contribution >= 0.6 is 0 Å². The first-order chi connectivity index (χ1) is 30.3. The van der Waals surface area contributed by atoms with Crippen LogP contribution in [0.3, 0.4) is 0 Å². The molecule has 8 aromatic carbocycles. The summed E-state index contributed by atoms with van der Waals surface area (Å²) in [4.78, 5) is 2.44. The van der Waals surface area contributed by atoms with Crippen LogP contribution in [0.2, 0.25) is 0 Å². The second-order valence-electron chi connectivity index (χ2n) is 19.1. The molecule has 62 heavy (non-hydrogen) atoms. The van der Waals surface area contributed by atoms with Crippen LogP contribution in [0, 0.1) is 0 Å². The van der Waals surface area contributed by atoms with Crippen molar-refractivity contribution in [2.75, 3.05) is 4.90 Å². The Bertz CT molecular complexity index is 2920. The molecule has 0 amide bonds. The molecule has 3 aliphatic rings. The Labute approximate surface area is 368 Å². The van der Waals surface area contributed by atoms with E-state index in [4.69, 9.17) is 0 Å². The first-order valence-corrected chi connectivity index (χ1v) is 22.9. The fraction of sp³-hybridized carbons (Fsp3) is 0.213. The van der Waals surface area contributed by atoms with Crippen molar-refractivity contribution in [3.05, 3.63) is 210 Å². The summed E-state index contributed by atoms with van der Waals surface area (Å²) < 4.78 is 0. The third kappa shape index (κ3) is 6.44. The Morgan fingerprint density at radius 2 is 0.839 bits per heavy atom. The summed E-state index contributed by atoms with van der Waals surface area (Å²) in [7, 11) is 0. The Hall–Kier alpha value is -6.44. The molecular weight excluding hydrogens is 747 g/mol. The van der Waals surface area contributed by atoms with E-state index in [0.29, 0.717) is 5.92 Å². The SMILES string of the molecule is CC1(C)c2ccccc2-c2ccc(-c3cccc4c3-c3ccc(N(c5ccc(-c6ccccc6)cc5)c5ccc(-c6ccc(C7CCCCCC7)cc6)cc5)cc3C4(C)C)cc21. The van der Waals surface area contributed by atoms with Gasteiger partial charge in [0, 0.05) is 27.9 Å². The van der Waals surface area contributed by atoms with Gasteiger partial charge >= 0.3 is 0 Å². The lowest BCUT2D eigenvalue weighted by molar-refractivity contribution is 0.592. The minimum atomic E-state index is -0.182. The van der Waals surface area contributed by atoms with Crippen LogP contribution < -0.4 is 4.90 Å². The minimum Gasteiger partial charge on any atom is -0.310 e. The fourth-order valence-corrected chi connectivity index (χ4v) is 11.3. The van der Waals surface area contributed by atoms with Gasteiger partial charge in [-0.2, -0.15) is 0 Å². The zero-order chi connectivity index (χ0) is 42.0. The monoisotopic (exact) mass is 801 g/mol. The van der Waals surface area contributed by atoms with Crippen molar-refractivity contribution in [3.63, 3.8) is 0 Å². The van der Waals surface area contributed by atoms with Crippen molar-refractivity contribution in [1.29, 1.82) is 0 Å². The maximum atomic E-state index is 2.47. The molecule has 0 N–H and O–H groups in total. The van der Waals surface area contributed by atoms with E-state index in [2.05, 4.69) is 215 Å². The van der Waals surface area contributed by atoms with Crippen LogP contribution in [0.25, 0.3) is 55.6 Å². The van der Waals surface area contributed by atoms with Gasteiger partial charge in [-0.15, -0.1) is 0 Å². The predicted molar refractivity (Wildman–Crippen MR) is 263 cm³/mol. The molecule has 1 saturated carbocycles. The van der Waals surface area contributed by atoms with E-state index in [-0.39, 0.29) is 10.8 Å². The van der Waals surface area contributed by atoms with Gasteiger partial charge in [0.25, 0.3) is 0 Å². The van der Waals surface area contributed by atoms with Gasteiger partial charge in [0.2, 0.25) is 0 Å². The van der Waals surface area contributed by atoms with E-state index in [9.17, 15) is 0 Å². The Morgan fingerprint density at radius 1 is 0.355 bits per heavy atom. The Kier molecular flexibility index (Phi) is 9.42. The molecule has 0 unspecified atom stereocenters. The lowest BCUT2D eigenvalue weighted by Crippen LogP contribution is -2.16. The van der Waals surface area contributed by atoms with Crippen LogP contribution in [0.15, 0.2) is 182 Å². The zero-order valence-electron chi connectivity index (χ0n) is 36.6. The van der Waals surface area contributed by atoms with E-state index >= 15 is 0 Å². The smallest absolute Gasteiger partial charge is 0.0465 e. The van der Waals surface area contributed by atoms with E-state index in [1.54, 1.807) is 0 Å². The molecule has 304 valence electrons. The lowest BCUT2D eigenvalue weighted by atomic mass is 9.80. The first kappa shape index (κ1) is 38.5. The first-order valence-electron chi connectivity index (χ1n) is 22.9. The highest BCUT2D eigenvalue weighted by molar-refractivity contribution is 5.95. The molecule has 8 aromatic rings. The molecule has 0 spiro atoms. The highest BCUT2D eigenvalue weighted by Gasteiger charge is 2.39. The van der Waals surface area contributed by atoms with Gasteiger partial charge in [-0.1, -0.05) is 193 Å². The summed E-state index contributed by atoms with van der Waals surface area (Å²) in [5.41, 5.74) is 23.3. The highest BCUT2D eigenvalue weighted by atomic mass is 15.1. The van der Waals surface area contributed by atoms with Crippen LogP contribution in [0.4, 0.5) is 17.1 Å². The molecule has 0 atom stereocenters. The topological polar surface area (TPSA) is 3.24 Å². The number of anilines is 3. The van der Waals surface area contributed by atoms with Gasteiger partial charge in [0.15, 0.2) is 0 Å². The van der Waals surface area contributed by atoms with E-state index in [0.717, 1.165) is 17.1 Å². The van der Waals surface area contributed by atoms with Crippen LogP contribution in [-0.2, 0) is 10.8 Å². The van der Waals surface area contributed by atoms with Gasteiger partial charge in [-0.3, -0.25) is 0 Å². The van der Waals surface area contributed by atoms with E-state index < -0.39 is 0 Å². The minimum absolute atomic E-state index is 0.0500. The third-order valence-corrected chi connectivity index (χ3v) is 14.8. The second-order valence-corrected chi connectivity index (χ2v) is 19.1. The van der Waals surface area contributed by atoms with Crippen LogP contribution in [0.5, 0.6) is 0 Å². The normalized spacial score (nSPS) is 15.9. The van der Waals surface area contributed by atoms with Crippen molar-refractivity contribution in [3.8, 4) is 55.6 Å². The molecule has 1 nitrogen and oxygen atoms in total. The van der Waals surface area contributed by atoms with Gasteiger partial charge in [0.1, 0.15) is 0 Å². The highest BCUT2D eigenvalue weighted by Crippen LogP contribution is 2.55. The molecule has 0 aliphatic heterocycles. The maximum absolute atomic E-state index is 2.47. The van der Waals surface area contributed by atoms with Crippen molar-refractivity contribution in [1.82, 2.24) is 0 Å². The van der Waals surface area contributed by atoms with Crippen molar-refractivity contribution < 1.29 is 0 Å². The van der Waals surface area contributed by atoms with Crippen LogP contribution in [0.1, 0.15) is 100.0 Å². The number of hydrogen-bond donors (Lipinski definition) is 0. The standard InChI is InChI=1S/C61H55N/c1-60(2)55-21-13-12-19-52(55)53-37-31-47(39-57(53)60)51-20-14-22-56-59(51)54-38-36-50(40-58(54)61(56,3)4)62(48-32-27-45(28-33-48)42-17-10-7-11-18-42)49-34-29-46(30-35-49)44-25-23-43(24-26-44)41-15-8-5-6-9-16-41/h7,10-14,17-41H,5-6,8-9,15-16H2,1-4H3. The predicted octanol–water partition coefficient (Wildman–Crippen LogP) is 17.2. The Morgan fingerprint density at radius 3 is 1.52 bits per heavy atom. The molecule has 0 heterocycles. The Balaban J connectivity index is 0.976. The summed E-state index contributed by atoms with van der Waals surface area (Å²) in [6, 6.07) is 68.7. The quantitative estimate of drug-likeness (QED) is 0.145. The average molecular weight is 802 g/mol. The summed E-state index contributed by atoms with van der Waals surface area (Å²) in [6.45, 7) is 9.56. The number of nitrogens with zero attached hydrogens (tertiary/aromatic N) is 1. The molecule has 0 bridgehead atoms. The molecule has 1 heteroatoms. The summed E-state index contributed by atoms with van der Waals surface area (Å²) in [5.74, 6) is 0.706. The maximum Gasteiger partial charge on any atom is 0.0465 e. The van der Waals surface area contributed by atoms with Gasteiger partial charge < -0.3 is 4.90 Å². The lowest BCUT2D eigenvalue weighted by Gasteiger charge is -2.28. The number of hydrogen-bond acceptors (Lipinski definition) is 1. The van der Waals surface area contributed by atoms with Gasteiger partial charge in [0.05, 0.1) is 0 Å². The molecular formula is C61H55N. The zero-order valence-corrected chi connectivity index (χ0v) is 36.6. The van der Waals surface area contributed by atoms with Crippen molar-refractivity contribution >= 4 is 17.1 Å². The largest absolute Gasteiger partial charge is 0.310 e. The third-order valence-electron chi connectivity index (χ3n) is 14.8. The van der Waals surface area contributed by atoms with Crippen molar-refractivity contribution in [2.24, 2.45) is 0 Å². The van der Waals surface area contributed by atoms with Crippen molar-refractivity contribution in [2.45, 2.75) is 83.0 Å². The molecule has 0 saturated heterocycles. The van der Waals surface area contributed by atoms with E-state index in [1.165, 1.54) is 122 Å². The molecule has 0 radical (unpaired) electrons. The average Bonchev–Trinajstić information content (AvgIpc) is 3.50. The summed E-state index contributed by atoms with van der Waals surface area (Å²) >= 11 is 0. The number of rotatable bonds is 7. The fourth-order valence-electron chi connectivity index (χ4n) is 11.3. The molecule has 11 rings (SSSR count). The summed E-state index contributed by atoms with van der Waals surface area (Å²) in [5, 5.41) is 0. The van der Waals surface area contributed by atoms with Gasteiger partial charge in [-0.25, -0.2) is 0 Å². The summed E-state index contributed by atoms with van der Waals surface area (Å²) in [6.07, 6.45) is 8.14. The second kappa shape index (κ2) is 15.2. The molecule has 3 aliphatic carbocycles.